The van der Waals surface area contributed by atoms with Gasteiger partial charge in [0.1, 0.15) is 17.0 Å². The summed E-state index contributed by atoms with van der Waals surface area (Å²) in [4.78, 5) is 9.50. The predicted molar refractivity (Wildman–Crippen MR) is 71.9 cm³/mol. The van der Waals surface area contributed by atoms with Gasteiger partial charge in [0.05, 0.1) is 11.6 Å². The minimum absolute atomic E-state index is 0.256. The Morgan fingerprint density at radius 3 is 3.06 bits per heavy atom. The summed E-state index contributed by atoms with van der Waals surface area (Å²) in [7, 11) is 0. The first-order chi connectivity index (χ1) is 8.72. The van der Waals surface area contributed by atoms with Crippen molar-refractivity contribution in [3.63, 3.8) is 0 Å². The van der Waals surface area contributed by atoms with Gasteiger partial charge in [0.2, 0.25) is 0 Å². The van der Waals surface area contributed by atoms with Crippen LogP contribution in [0.3, 0.4) is 0 Å². The van der Waals surface area contributed by atoms with Crippen molar-refractivity contribution < 1.29 is 9.13 Å². The molecule has 0 bridgehead atoms. The molecule has 0 N–H and O–H groups in total. The number of hydrogen-bond acceptors (Lipinski definition) is 3. The molecule has 0 aliphatic carbocycles. The number of ether oxygens (including phenoxy) is 1. The second-order valence-corrected chi connectivity index (χ2v) is 4.05. The van der Waals surface area contributed by atoms with Crippen molar-refractivity contribution in [2.24, 2.45) is 0 Å². The molecule has 2 aromatic rings. The molecular weight excluding hydrogens is 299 g/mol. The summed E-state index contributed by atoms with van der Waals surface area (Å²) in [5.74, 6) is 0.756. The van der Waals surface area contributed by atoms with Gasteiger partial charge in [-0.2, -0.15) is 0 Å². The van der Waals surface area contributed by atoms with Crippen LogP contribution in [0.5, 0.6) is 5.75 Å². The quantitative estimate of drug-likeness (QED) is 0.636. The van der Waals surface area contributed by atoms with E-state index in [4.69, 9.17) is 4.74 Å². The fourth-order valence-electron chi connectivity index (χ4n) is 1.48. The Hall–Kier alpha value is -1.75. The normalized spacial score (nSPS) is 12.3. The van der Waals surface area contributed by atoms with Crippen molar-refractivity contribution in [1.29, 1.82) is 0 Å². The molecule has 0 aliphatic heterocycles. The Morgan fingerprint density at radius 2 is 2.28 bits per heavy atom. The molecule has 0 aliphatic rings. The van der Waals surface area contributed by atoms with Crippen LogP contribution < -0.4 is 4.74 Å². The van der Waals surface area contributed by atoms with E-state index in [9.17, 15) is 4.39 Å². The van der Waals surface area contributed by atoms with Gasteiger partial charge in [0.15, 0.2) is 5.82 Å². The van der Waals surface area contributed by atoms with Gasteiger partial charge in [-0.3, -0.25) is 9.97 Å². The third-order valence-corrected chi connectivity index (χ3v) is 2.55. The average Bonchev–Trinajstić information content (AvgIpc) is 2.38. The zero-order chi connectivity index (χ0) is 13.0. The summed E-state index contributed by atoms with van der Waals surface area (Å²) in [6.07, 6.45) is 7.75. The first-order valence-electron chi connectivity index (χ1n) is 5.22. The van der Waals surface area contributed by atoms with E-state index in [0.29, 0.717) is 16.9 Å². The number of fused-ring (bicyclic) bond motifs is 1. The molecule has 0 saturated heterocycles. The highest BCUT2D eigenvalue weighted by Crippen LogP contribution is 2.25. The molecule has 0 atom stereocenters. The summed E-state index contributed by atoms with van der Waals surface area (Å²) < 4.78 is 19.1. The minimum atomic E-state index is -0.458. The molecule has 3 nitrogen and oxygen atoms in total. The lowest BCUT2D eigenvalue weighted by molar-refractivity contribution is 0.432. The van der Waals surface area contributed by atoms with E-state index in [2.05, 4.69) is 25.9 Å². The van der Waals surface area contributed by atoms with Crippen LogP contribution in [0.25, 0.3) is 10.9 Å². The molecule has 0 spiro atoms. The van der Waals surface area contributed by atoms with E-state index in [0.717, 1.165) is 6.20 Å². The summed E-state index contributed by atoms with van der Waals surface area (Å²) in [6, 6.07) is 1.68. The molecule has 18 heavy (non-hydrogen) atoms. The van der Waals surface area contributed by atoms with Gasteiger partial charge < -0.3 is 4.74 Å². The fraction of sp³-hybridized carbons (Fsp3) is 0.0769. The lowest BCUT2D eigenvalue weighted by atomic mass is 10.2. The predicted octanol–water partition coefficient (Wildman–Crippen LogP) is 3.96. The topological polar surface area (TPSA) is 35.0 Å². The standard InChI is InChI=1S/C13H10BrFN2O/c1-9(3-2-5-14)18-12-4-6-17-13-10(12)7-16-8-11(13)15/h2-8H,1H3/b5-2+,9-3+. The fourth-order valence-corrected chi connectivity index (χ4v) is 1.63. The molecule has 2 aromatic heterocycles. The van der Waals surface area contributed by atoms with E-state index in [1.165, 1.54) is 12.4 Å². The Kier molecular flexibility index (Phi) is 4.04. The Balaban J connectivity index is 2.43. The Morgan fingerprint density at radius 1 is 1.44 bits per heavy atom. The van der Waals surface area contributed by atoms with Crippen molar-refractivity contribution in [2.45, 2.75) is 6.92 Å². The first-order valence-corrected chi connectivity index (χ1v) is 6.13. The first kappa shape index (κ1) is 12.7. The van der Waals surface area contributed by atoms with Crippen molar-refractivity contribution >= 4 is 26.8 Å². The van der Waals surface area contributed by atoms with Crippen LogP contribution in [-0.2, 0) is 0 Å². The molecule has 0 amide bonds. The third-order valence-electron chi connectivity index (χ3n) is 2.24. The van der Waals surface area contributed by atoms with E-state index in [1.807, 2.05) is 6.92 Å². The molecule has 2 heterocycles. The smallest absolute Gasteiger partial charge is 0.167 e. The van der Waals surface area contributed by atoms with Gasteiger partial charge >= 0.3 is 0 Å². The van der Waals surface area contributed by atoms with Gasteiger partial charge in [-0.15, -0.1) is 0 Å². The number of nitrogens with zero attached hydrogens (tertiary/aromatic N) is 2. The summed E-state index contributed by atoms with van der Waals surface area (Å²) in [5.41, 5.74) is 0.256. The lowest BCUT2D eigenvalue weighted by Crippen LogP contribution is -1.94. The van der Waals surface area contributed by atoms with Crippen molar-refractivity contribution in [2.75, 3.05) is 0 Å². The zero-order valence-electron chi connectivity index (χ0n) is 9.60. The van der Waals surface area contributed by atoms with Crippen LogP contribution >= 0.6 is 15.9 Å². The van der Waals surface area contributed by atoms with Crippen molar-refractivity contribution in [3.8, 4) is 5.75 Å². The van der Waals surface area contributed by atoms with Gasteiger partial charge in [-0.1, -0.05) is 22.0 Å². The third kappa shape index (κ3) is 2.73. The lowest BCUT2D eigenvalue weighted by Gasteiger charge is -2.08. The van der Waals surface area contributed by atoms with Crippen LogP contribution in [0.4, 0.5) is 4.39 Å². The Labute approximate surface area is 112 Å². The van der Waals surface area contributed by atoms with Gasteiger partial charge in [-0.05, 0) is 24.1 Å². The average molecular weight is 309 g/mol. The summed E-state index contributed by atoms with van der Waals surface area (Å²) in [6.45, 7) is 1.81. The second-order valence-electron chi connectivity index (χ2n) is 3.52. The van der Waals surface area contributed by atoms with Crippen LogP contribution in [-0.4, -0.2) is 9.97 Å². The SMILES string of the molecule is C/C(=C\C=C\Br)Oc1ccnc2c(F)cncc12. The highest BCUT2D eigenvalue weighted by Gasteiger charge is 2.07. The summed E-state index contributed by atoms with van der Waals surface area (Å²) in [5, 5.41) is 0.549. The number of hydrogen-bond donors (Lipinski definition) is 0. The van der Waals surface area contributed by atoms with Crippen LogP contribution in [0, 0.1) is 5.82 Å². The van der Waals surface area contributed by atoms with Gasteiger partial charge in [0, 0.05) is 12.4 Å². The highest BCUT2D eigenvalue weighted by molar-refractivity contribution is 9.11. The molecule has 5 heteroatoms. The molecular formula is C13H10BrFN2O. The molecule has 0 radical (unpaired) electrons. The molecule has 0 saturated carbocycles. The maximum atomic E-state index is 13.5. The van der Waals surface area contributed by atoms with E-state index >= 15 is 0 Å². The zero-order valence-corrected chi connectivity index (χ0v) is 11.2. The highest BCUT2D eigenvalue weighted by atomic mass is 79.9. The number of aromatic nitrogens is 2. The molecule has 0 fully saturated rings. The van der Waals surface area contributed by atoms with Crippen LogP contribution in [0.2, 0.25) is 0 Å². The number of halogens is 2. The molecule has 2 rings (SSSR count). The van der Waals surface area contributed by atoms with Gasteiger partial charge in [0.25, 0.3) is 0 Å². The molecule has 0 unspecified atom stereocenters. The summed E-state index contributed by atoms with van der Waals surface area (Å²) >= 11 is 3.16. The van der Waals surface area contributed by atoms with E-state index in [-0.39, 0.29) is 5.52 Å². The molecule has 92 valence electrons. The van der Waals surface area contributed by atoms with Crippen LogP contribution in [0.1, 0.15) is 6.92 Å². The van der Waals surface area contributed by atoms with Crippen molar-refractivity contribution in [1.82, 2.24) is 9.97 Å². The van der Waals surface area contributed by atoms with Crippen molar-refractivity contribution in [3.05, 3.63) is 53.4 Å². The Bertz CT molecular complexity index is 625. The van der Waals surface area contributed by atoms with E-state index < -0.39 is 5.82 Å². The van der Waals surface area contributed by atoms with Crippen LogP contribution in [0.15, 0.2) is 47.6 Å². The maximum Gasteiger partial charge on any atom is 0.167 e. The molecule has 0 aromatic carbocycles. The number of pyridine rings is 2. The number of rotatable bonds is 3. The monoisotopic (exact) mass is 308 g/mol. The minimum Gasteiger partial charge on any atom is -0.461 e. The number of allylic oxidation sites excluding steroid dienone is 3. The maximum absolute atomic E-state index is 13.5. The van der Waals surface area contributed by atoms with Gasteiger partial charge in [-0.25, -0.2) is 4.39 Å². The van der Waals surface area contributed by atoms with E-state index in [1.54, 1.807) is 23.2 Å². The largest absolute Gasteiger partial charge is 0.461 e. The second kappa shape index (κ2) is 5.73.